The molecule has 0 unspecified atom stereocenters. The lowest BCUT2D eigenvalue weighted by molar-refractivity contribution is -0.0435. The smallest absolute Gasteiger partial charge is 0.289 e. The van der Waals surface area contributed by atoms with Crippen molar-refractivity contribution in [3.8, 4) is 11.1 Å². The largest absolute Gasteiger partial charge is 0.501 e. The molecule has 8 heteroatoms. The molecule has 0 atom stereocenters. The minimum atomic E-state index is -5.55. The lowest BCUT2D eigenvalue weighted by atomic mass is 9.86. The van der Waals surface area contributed by atoms with Crippen LogP contribution in [0.3, 0.4) is 0 Å². The Bertz CT molecular complexity index is 1010. The van der Waals surface area contributed by atoms with Crippen molar-refractivity contribution in [1.29, 1.82) is 0 Å². The van der Waals surface area contributed by atoms with Gasteiger partial charge in [-0.05, 0) is 23.6 Å². The number of benzene rings is 1. The Morgan fingerprint density at radius 1 is 0.923 bits per heavy atom. The summed E-state index contributed by atoms with van der Waals surface area (Å²) in [4.78, 5) is 11.9. The van der Waals surface area contributed by atoms with Crippen LogP contribution in [0.2, 0.25) is 5.02 Å². The van der Waals surface area contributed by atoms with Gasteiger partial charge in [0.1, 0.15) is 0 Å². The number of halogens is 4. The summed E-state index contributed by atoms with van der Waals surface area (Å²) in [6.07, 6.45) is 0. The number of hydrogen-bond acceptors (Lipinski definition) is 3. The highest BCUT2D eigenvalue weighted by Crippen LogP contribution is 2.35. The van der Waals surface area contributed by atoms with E-state index in [1.54, 1.807) is 18.2 Å². The van der Waals surface area contributed by atoms with Crippen LogP contribution in [0.15, 0.2) is 52.2 Å². The standard InChI is InChI=1S/C18H16ClF3O3S/c1-17(2,3)14-7-5-4-6-12(16(14)23)13-10-11(8-9-15(13)19)26(24,25)18(20,21)22/h4-10H,1-3H3. The predicted molar refractivity (Wildman–Crippen MR) is 95.1 cm³/mol. The van der Waals surface area contributed by atoms with E-state index in [0.29, 0.717) is 5.56 Å². The number of alkyl halides is 3. The summed E-state index contributed by atoms with van der Waals surface area (Å²) in [7, 11) is -5.55. The van der Waals surface area contributed by atoms with Crippen LogP contribution in [0.5, 0.6) is 0 Å². The highest BCUT2D eigenvalue weighted by Gasteiger charge is 2.47. The average molecular weight is 405 g/mol. The molecule has 3 nitrogen and oxygen atoms in total. The zero-order chi connectivity index (χ0) is 19.9. The van der Waals surface area contributed by atoms with Gasteiger partial charge in [-0.15, -0.1) is 0 Å². The first-order valence-electron chi connectivity index (χ1n) is 7.52. The Labute approximate surface area is 154 Å². The first-order chi connectivity index (χ1) is 11.8. The molecule has 0 amide bonds. The van der Waals surface area contributed by atoms with Gasteiger partial charge in [0.25, 0.3) is 9.84 Å². The lowest BCUT2D eigenvalue weighted by Crippen LogP contribution is -2.23. The minimum absolute atomic E-state index is 0.0192. The van der Waals surface area contributed by atoms with Gasteiger partial charge in [0.2, 0.25) is 0 Å². The molecule has 0 aliphatic heterocycles. The van der Waals surface area contributed by atoms with Gasteiger partial charge in [-0.25, -0.2) is 8.42 Å². The van der Waals surface area contributed by atoms with Crippen LogP contribution in [0.25, 0.3) is 11.1 Å². The van der Waals surface area contributed by atoms with E-state index in [1.165, 1.54) is 6.07 Å². The van der Waals surface area contributed by atoms with Gasteiger partial charge >= 0.3 is 5.51 Å². The summed E-state index contributed by atoms with van der Waals surface area (Å²) in [6.45, 7) is 5.46. The number of hydrogen-bond donors (Lipinski definition) is 0. The van der Waals surface area contributed by atoms with E-state index >= 15 is 0 Å². The Morgan fingerprint density at radius 3 is 2.04 bits per heavy atom. The van der Waals surface area contributed by atoms with Gasteiger partial charge in [0.05, 0.1) is 4.90 Å². The van der Waals surface area contributed by atoms with Crippen LogP contribution in [0.4, 0.5) is 13.2 Å². The fourth-order valence-electron chi connectivity index (χ4n) is 2.41. The molecule has 0 spiro atoms. The van der Waals surface area contributed by atoms with Crippen LogP contribution in [0.1, 0.15) is 26.3 Å². The van der Waals surface area contributed by atoms with Crippen molar-refractivity contribution in [3.05, 3.63) is 63.3 Å². The first kappa shape index (κ1) is 20.5. The average Bonchev–Trinajstić information content (AvgIpc) is 2.68. The maximum absolute atomic E-state index is 12.9. The SMILES string of the molecule is CC(C)(C)c1ccccc(-c2cc(S(=O)(=O)C(F)(F)F)ccc2Cl)c1=O. The maximum Gasteiger partial charge on any atom is 0.501 e. The molecule has 0 bridgehead atoms. The molecule has 0 fully saturated rings. The highest BCUT2D eigenvalue weighted by atomic mass is 35.5. The molecule has 2 aromatic rings. The number of sulfone groups is 1. The van der Waals surface area contributed by atoms with E-state index in [-0.39, 0.29) is 16.1 Å². The fraction of sp³-hybridized carbons (Fsp3) is 0.278. The van der Waals surface area contributed by atoms with Crippen LogP contribution in [-0.4, -0.2) is 13.9 Å². The molecule has 0 aliphatic rings. The molecule has 0 saturated carbocycles. The number of rotatable bonds is 2. The predicted octanol–water partition coefficient (Wildman–Crippen LogP) is 4.96. The topological polar surface area (TPSA) is 51.2 Å². The second kappa shape index (κ2) is 6.70. The fourth-order valence-corrected chi connectivity index (χ4v) is 3.42. The van der Waals surface area contributed by atoms with Crippen LogP contribution in [0, 0.1) is 0 Å². The Morgan fingerprint density at radius 2 is 1.50 bits per heavy atom. The van der Waals surface area contributed by atoms with E-state index in [4.69, 9.17) is 11.6 Å². The van der Waals surface area contributed by atoms with Crippen molar-refractivity contribution < 1.29 is 21.6 Å². The summed E-state index contributed by atoms with van der Waals surface area (Å²) in [6, 6.07) is 8.81. The van der Waals surface area contributed by atoms with Crippen molar-refractivity contribution in [2.75, 3.05) is 0 Å². The Balaban J connectivity index is 2.82. The van der Waals surface area contributed by atoms with Crippen LogP contribution >= 0.6 is 11.6 Å². The van der Waals surface area contributed by atoms with Crippen molar-refractivity contribution in [2.45, 2.75) is 36.6 Å². The molecule has 0 aromatic heterocycles. The van der Waals surface area contributed by atoms with Gasteiger partial charge in [-0.1, -0.05) is 56.6 Å². The van der Waals surface area contributed by atoms with Crippen LogP contribution < -0.4 is 5.43 Å². The van der Waals surface area contributed by atoms with E-state index in [0.717, 1.165) is 18.2 Å². The van der Waals surface area contributed by atoms with Crippen molar-refractivity contribution in [1.82, 2.24) is 0 Å². The molecule has 0 heterocycles. The zero-order valence-corrected chi connectivity index (χ0v) is 15.8. The first-order valence-corrected chi connectivity index (χ1v) is 9.38. The molecular weight excluding hydrogens is 389 g/mol. The molecule has 2 rings (SSSR count). The third-order valence-corrected chi connectivity index (χ3v) is 5.59. The zero-order valence-electron chi connectivity index (χ0n) is 14.2. The van der Waals surface area contributed by atoms with Crippen molar-refractivity contribution in [3.63, 3.8) is 0 Å². The second-order valence-corrected chi connectivity index (χ2v) is 9.06. The molecule has 0 radical (unpaired) electrons. The molecule has 0 aliphatic carbocycles. The molecule has 26 heavy (non-hydrogen) atoms. The maximum atomic E-state index is 12.9. The quantitative estimate of drug-likeness (QED) is 0.711. The normalized spacial score (nSPS) is 12.9. The van der Waals surface area contributed by atoms with Gasteiger partial charge in [0, 0.05) is 21.7 Å². The van der Waals surface area contributed by atoms with E-state index < -0.39 is 31.1 Å². The summed E-state index contributed by atoms with van der Waals surface area (Å²) in [5.41, 5.74) is -6.00. The Kier molecular flexibility index (Phi) is 5.27. The minimum Gasteiger partial charge on any atom is -0.289 e. The van der Waals surface area contributed by atoms with E-state index in [2.05, 4.69) is 0 Å². The summed E-state index contributed by atoms with van der Waals surface area (Å²) in [5.74, 6) is 0. The molecule has 0 N–H and O–H groups in total. The van der Waals surface area contributed by atoms with Crippen molar-refractivity contribution in [2.24, 2.45) is 0 Å². The molecule has 140 valence electrons. The van der Waals surface area contributed by atoms with Gasteiger partial charge in [-0.2, -0.15) is 13.2 Å². The Hall–Kier alpha value is -1.86. The van der Waals surface area contributed by atoms with Crippen molar-refractivity contribution >= 4 is 21.4 Å². The molecule has 2 aromatic carbocycles. The summed E-state index contributed by atoms with van der Waals surface area (Å²) >= 11 is 6.06. The third kappa shape index (κ3) is 3.78. The molecule has 0 saturated heterocycles. The van der Waals surface area contributed by atoms with E-state index in [1.807, 2.05) is 20.8 Å². The summed E-state index contributed by atoms with van der Waals surface area (Å²) in [5, 5.41) is -0.0192. The van der Waals surface area contributed by atoms with E-state index in [9.17, 15) is 26.4 Å². The monoisotopic (exact) mass is 404 g/mol. The van der Waals surface area contributed by atoms with Crippen LogP contribution in [-0.2, 0) is 15.3 Å². The lowest BCUT2D eigenvalue weighted by Gasteiger charge is -2.17. The second-order valence-electron chi connectivity index (χ2n) is 6.72. The highest BCUT2D eigenvalue weighted by molar-refractivity contribution is 7.92. The van der Waals surface area contributed by atoms with Gasteiger partial charge < -0.3 is 0 Å². The van der Waals surface area contributed by atoms with Gasteiger partial charge in [0.15, 0.2) is 5.43 Å². The van der Waals surface area contributed by atoms with Gasteiger partial charge in [-0.3, -0.25) is 4.79 Å². The summed E-state index contributed by atoms with van der Waals surface area (Å²) < 4.78 is 61.8. The molecular formula is C18H16ClF3O3S. The third-order valence-electron chi connectivity index (χ3n) is 3.78.